The maximum Gasteiger partial charge on any atom is 0.240 e. The summed E-state index contributed by atoms with van der Waals surface area (Å²) in [7, 11) is -1.95. The highest BCUT2D eigenvalue weighted by molar-refractivity contribution is 7.89. The molecular formula is C12H14N2O2S2. The van der Waals surface area contributed by atoms with Crippen LogP contribution in [-0.4, -0.2) is 15.5 Å². The molecule has 0 unspecified atom stereocenters. The van der Waals surface area contributed by atoms with Crippen LogP contribution in [0.1, 0.15) is 5.56 Å². The second kappa shape index (κ2) is 5.51. The molecule has 0 radical (unpaired) electrons. The second-order valence-electron chi connectivity index (χ2n) is 3.72. The van der Waals surface area contributed by atoms with E-state index in [9.17, 15) is 8.42 Å². The maximum atomic E-state index is 11.5. The molecule has 0 spiro atoms. The van der Waals surface area contributed by atoms with E-state index >= 15 is 0 Å². The molecule has 0 aliphatic rings. The summed E-state index contributed by atoms with van der Waals surface area (Å²) in [5, 5.41) is 7.34. The van der Waals surface area contributed by atoms with Crippen LogP contribution in [0.4, 0.5) is 5.69 Å². The van der Waals surface area contributed by atoms with Gasteiger partial charge in [0.25, 0.3) is 0 Å². The van der Waals surface area contributed by atoms with E-state index in [0.717, 1.165) is 12.2 Å². The van der Waals surface area contributed by atoms with Gasteiger partial charge in [-0.25, -0.2) is 13.1 Å². The van der Waals surface area contributed by atoms with Gasteiger partial charge in [0.1, 0.15) is 0 Å². The normalized spacial score (nSPS) is 11.4. The summed E-state index contributed by atoms with van der Waals surface area (Å²) in [6, 6.07) is 8.74. The lowest BCUT2D eigenvalue weighted by Crippen LogP contribution is -2.18. The van der Waals surface area contributed by atoms with Crippen LogP contribution in [0.25, 0.3) is 0 Å². The van der Waals surface area contributed by atoms with Gasteiger partial charge in [0.15, 0.2) is 0 Å². The number of hydrogen-bond acceptors (Lipinski definition) is 4. The molecule has 1 heterocycles. The van der Waals surface area contributed by atoms with Crippen molar-refractivity contribution in [2.45, 2.75) is 11.4 Å². The molecule has 0 bridgehead atoms. The molecule has 2 aromatic rings. The van der Waals surface area contributed by atoms with Crippen molar-refractivity contribution in [3.8, 4) is 0 Å². The average molecular weight is 282 g/mol. The molecule has 1 aromatic heterocycles. The number of sulfonamides is 1. The summed E-state index contributed by atoms with van der Waals surface area (Å²) in [5.41, 5.74) is 2.11. The first-order valence-corrected chi connectivity index (χ1v) is 7.83. The molecule has 0 aliphatic carbocycles. The van der Waals surface area contributed by atoms with Crippen molar-refractivity contribution in [2.24, 2.45) is 0 Å². The van der Waals surface area contributed by atoms with Gasteiger partial charge >= 0.3 is 0 Å². The molecule has 0 saturated heterocycles. The number of rotatable bonds is 5. The Morgan fingerprint density at radius 2 is 1.89 bits per heavy atom. The molecule has 18 heavy (non-hydrogen) atoms. The van der Waals surface area contributed by atoms with E-state index in [2.05, 4.69) is 21.5 Å². The summed E-state index contributed by atoms with van der Waals surface area (Å²) < 4.78 is 25.3. The van der Waals surface area contributed by atoms with Crippen molar-refractivity contribution in [2.75, 3.05) is 12.4 Å². The fraction of sp³-hybridized carbons (Fsp3) is 0.167. The summed E-state index contributed by atoms with van der Waals surface area (Å²) in [5.74, 6) is 0. The number of benzene rings is 1. The molecule has 96 valence electrons. The maximum absolute atomic E-state index is 11.5. The predicted molar refractivity (Wildman–Crippen MR) is 74.3 cm³/mol. The Hall–Kier alpha value is -1.37. The third-order valence-electron chi connectivity index (χ3n) is 2.51. The van der Waals surface area contributed by atoms with Crippen molar-refractivity contribution >= 4 is 27.0 Å². The van der Waals surface area contributed by atoms with Crippen LogP contribution in [0.15, 0.2) is 46.0 Å². The highest BCUT2D eigenvalue weighted by Gasteiger charge is 2.10. The Morgan fingerprint density at radius 3 is 2.44 bits per heavy atom. The fourth-order valence-electron chi connectivity index (χ4n) is 1.47. The SMILES string of the molecule is CNS(=O)(=O)c1ccc(NCc2ccsc2)cc1. The van der Waals surface area contributed by atoms with Crippen LogP contribution in [0.2, 0.25) is 0 Å². The molecule has 0 atom stereocenters. The minimum Gasteiger partial charge on any atom is -0.381 e. The molecule has 0 saturated carbocycles. The van der Waals surface area contributed by atoms with Crippen molar-refractivity contribution in [1.29, 1.82) is 0 Å². The van der Waals surface area contributed by atoms with Crippen LogP contribution in [-0.2, 0) is 16.6 Å². The zero-order chi connectivity index (χ0) is 13.0. The lowest BCUT2D eigenvalue weighted by atomic mass is 10.3. The summed E-state index contributed by atoms with van der Waals surface area (Å²) >= 11 is 1.66. The van der Waals surface area contributed by atoms with Gasteiger partial charge < -0.3 is 5.32 Å². The average Bonchev–Trinajstić information content (AvgIpc) is 2.90. The van der Waals surface area contributed by atoms with Crippen LogP contribution in [0, 0.1) is 0 Å². The van der Waals surface area contributed by atoms with Crippen LogP contribution in [0.5, 0.6) is 0 Å². The van der Waals surface area contributed by atoms with E-state index in [0.29, 0.717) is 0 Å². The number of thiophene rings is 1. The first-order chi connectivity index (χ1) is 8.62. The Bertz CT molecular complexity index is 590. The summed E-state index contributed by atoms with van der Waals surface area (Å²) in [4.78, 5) is 0.270. The van der Waals surface area contributed by atoms with Gasteiger partial charge in [-0.1, -0.05) is 0 Å². The quantitative estimate of drug-likeness (QED) is 0.884. The van der Waals surface area contributed by atoms with Gasteiger partial charge in [0.2, 0.25) is 10.0 Å². The van der Waals surface area contributed by atoms with Crippen molar-refractivity contribution in [3.63, 3.8) is 0 Å². The first kappa shape index (κ1) is 13.1. The monoisotopic (exact) mass is 282 g/mol. The zero-order valence-corrected chi connectivity index (χ0v) is 11.5. The number of hydrogen-bond donors (Lipinski definition) is 2. The zero-order valence-electron chi connectivity index (χ0n) is 9.88. The van der Waals surface area contributed by atoms with E-state index in [-0.39, 0.29) is 4.90 Å². The van der Waals surface area contributed by atoms with Gasteiger partial charge in [-0.15, -0.1) is 0 Å². The minimum absolute atomic E-state index is 0.270. The lowest BCUT2D eigenvalue weighted by molar-refractivity contribution is 0.588. The van der Waals surface area contributed by atoms with Crippen molar-refractivity contribution < 1.29 is 8.42 Å². The molecule has 0 fully saturated rings. The Balaban J connectivity index is 2.04. The van der Waals surface area contributed by atoms with Gasteiger partial charge in [-0.2, -0.15) is 11.3 Å². The molecule has 0 aliphatic heterocycles. The topological polar surface area (TPSA) is 58.2 Å². The minimum atomic E-state index is -3.35. The smallest absolute Gasteiger partial charge is 0.240 e. The fourth-order valence-corrected chi connectivity index (χ4v) is 2.87. The highest BCUT2D eigenvalue weighted by Crippen LogP contribution is 2.15. The van der Waals surface area contributed by atoms with Crippen molar-refractivity contribution in [1.82, 2.24) is 4.72 Å². The van der Waals surface area contributed by atoms with E-state index < -0.39 is 10.0 Å². The van der Waals surface area contributed by atoms with Crippen LogP contribution < -0.4 is 10.0 Å². The summed E-state index contributed by atoms with van der Waals surface area (Å²) in [6.45, 7) is 0.738. The van der Waals surface area contributed by atoms with E-state index in [1.165, 1.54) is 12.6 Å². The molecule has 6 heteroatoms. The number of nitrogens with one attached hydrogen (secondary N) is 2. The predicted octanol–water partition coefficient (Wildman–Crippen LogP) is 2.27. The second-order valence-corrected chi connectivity index (χ2v) is 6.38. The van der Waals surface area contributed by atoms with Gasteiger partial charge in [0.05, 0.1) is 4.90 Å². The standard InChI is InChI=1S/C12H14N2O2S2/c1-13-18(15,16)12-4-2-11(3-5-12)14-8-10-6-7-17-9-10/h2-7,9,13-14H,8H2,1H3. The lowest BCUT2D eigenvalue weighted by Gasteiger charge is -2.06. The molecule has 2 N–H and O–H groups in total. The Kier molecular flexibility index (Phi) is 4.00. The third kappa shape index (κ3) is 3.10. The molecule has 4 nitrogen and oxygen atoms in total. The molecule has 2 rings (SSSR count). The van der Waals surface area contributed by atoms with Crippen molar-refractivity contribution in [3.05, 3.63) is 46.7 Å². The number of anilines is 1. The Labute approximate surface area is 111 Å². The third-order valence-corrected chi connectivity index (χ3v) is 4.67. The van der Waals surface area contributed by atoms with E-state index in [1.54, 1.807) is 35.6 Å². The highest BCUT2D eigenvalue weighted by atomic mass is 32.2. The van der Waals surface area contributed by atoms with Crippen LogP contribution >= 0.6 is 11.3 Å². The van der Waals surface area contributed by atoms with E-state index in [1.807, 2.05) is 5.38 Å². The summed E-state index contributed by atoms with van der Waals surface area (Å²) in [6.07, 6.45) is 0. The van der Waals surface area contributed by atoms with Crippen LogP contribution in [0.3, 0.4) is 0 Å². The first-order valence-electron chi connectivity index (χ1n) is 5.40. The van der Waals surface area contributed by atoms with Gasteiger partial charge in [0, 0.05) is 12.2 Å². The van der Waals surface area contributed by atoms with E-state index in [4.69, 9.17) is 0 Å². The molecular weight excluding hydrogens is 268 g/mol. The Morgan fingerprint density at radius 1 is 1.17 bits per heavy atom. The van der Waals surface area contributed by atoms with Gasteiger partial charge in [-0.05, 0) is 53.7 Å². The molecule has 0 amide bonds. The van der Waals surface area contributed by atoms with Gasteiger partial charge in [-0.3, -0.25) is 0 Å². The molecule has 1 aromatic carbocycles. The largest absolute Gasteiger partial charge is 0.381 e.